The number of nitrogens with zero attached hydrogens (tertiary/aromatic N) is 1. The first-order valence-electron chi connectivity index (χ1n) is 6.28. The van der Waals surface area contributed by atoms with Crippen LogP contribution in [-0.2, 0) is 0 Å². The summed E-state index contributed by atoms with van der Waals surface area (Å²) in [5, 5.41) is 0. The molecule has 4 heteroatoms. The van der Waals surface area contributed by atoms with Gasteiger partial charge in [-0.05, 0) is 24.3 Å². The Labute approximate surface area is 112 Å². The van der Waals surface area contributed by atoms with E-state index in [0.29, 0.717) is 17.0 Å². The fraction of sp³-hybridized carbons (Fsp3) is 0.429. The zero-order valence-electron chi connectivity index (χ0n) is 10.5. The lowest BCUT2D eigenvalue weighted by Crippen LogP contribution is -2.29. The first-order valence-corrected chi connectivity index (χ1v) is 7.44. The van der Waals surface area contributed by atoms with Crippen molar-refractivity contribution in [2.45, 2.75) is 26.2 Å². The molecule has 0 radical (unpaired) electrons. The second-order valence-corrected chi connectivity index (χ2v) is 5.40. The normalized spacial score (nSPS) is 14.2. The van der Waals surface area contributed by atoms with Crippen LogP contribution >= 0.6 is 11.8 Å². The molecule has 3 nitrogen and oxygen atoms in total. The predicted molar refractivity (Wildman–Crippen MR) is 73.8 cm³/mol. The van der Waals surface area contributed by atoms with Gasteiger partial charge in [-0.2, -0.15) is 0 Å². The van der Waals surface area contributed by atoms with Gasteiger partial charge in [-0.1, -0.05) is 31.9 Å². The van der Waals surface area contributed by atoms with Crippen LogP contribution in [0.1, 0.15) is 46.9 Å². The zero-order chi connectivity index (χ0) is 13.0. The Morgan fingerprint density at radius 3 is 2.22 bits per heavy atom. The third kappa shape index (κ3) is 2.58. The molecule has 1 aliphatic rings. The predicted octanol–water partition coefficient (Wildman–Crippen LogP) is 3.16. The molecule has 1 aromatic rings. The highest BCUT2D eigenvalue weighted by atomic mass is 32.2. The minimum Gasteiger partial charge on any atom is -0.269 e. The molecule has 0 aromatic heterocycles. The fourth-order valence-corrected chi connectivity index (χ4v) is 2.92. The van der Waals surface area contributed by atoms with Crippen LogP contribution in [0.5, 0.6) is 0 Å². The number of rotatable bonds is 6. The number of unbranched alkanes of at least 4 members (excludes halogenated alkanes) is 2. The molecule has 0 N–H and O–H groups in total. The minimum atomic E-state index is -0.154. The highest BCUT2D eigenvalue weighted by molar-refractivity contribution is 7.99. The van der Waals surface area contributed by atoms with Crippen molar-refractivity contribution in [1.29, 1.82) is 0 Å². The number of fused-ring (bicyclic) bond motifs is 1. The zero-order valence-corrected chi connectivity index (χ0v) is 11.3. The third-order valence-corrected chi connectivity index (χ3v) is 4.01. The number of carbonyl (C=O) groups is 2. The quantitative estimate of drug-likeness (QED) is 0.584. The lowest BCUT2D eigenvalue weighted by Gasteiger charge is -2.12. The van der Waals surface area contributed by atoms with Gasteiger partial charge in [0.1, 0.15) is 0 Å². The molecule has 1 heterocycles. The van der Waals surface area contributed by atoms with Crippen molar-refractivity contribution in [1.82, 2.24) is 4.90 Å². The SMILES string of the molecule is CCCCCSCN1C(=O)c2ccccc2C1=O. The molecule has 1 aliphatic heterocycles. The van der Waals surface area contributed by atoms with E-state index in [9.17, 15) is 9.59 Å². The molecule has 18 heavy (non-hydrogen) atoms. The van der Waals surface area contributed by atoms with Gasteiger partial charge in [0, 0.05) is 0 Å². The van der Waals surface area contributed by atoms with Gasteiger partial charge in [0.25, 0.3) is 11.8 Å². The maximum Gasteiger partial charge on any atom is 0.262 e. The van der Waals surface area contributed by atoms with Gasteiger partial charge < -0.3 is 0 Å². The maximum atomic E-state index is 12.0. The van der Waals surface area contributed by atoms with E-state index >= 15 is 0 Å². The Hall–Kier alpha value is -1.29. The van der Waals surface area contributed by atoms with Gasteiger partial charge in [-0.15, -0.1) is 11.8 Å². The molecule has 96 valence electrons. The summed E-state index contributed by atoms with van der Waals surface area (Å²) in [7, 11) is 0. The molecule has 0 unspecified atom stereocenters. The van der Waals surface area contributed by atoms with Crippen LogP contribution in [0.4, 0.5) is 0 Å². The van der Waals surface area contributed by atoms with Gasteiger partial charge in [0.2, 0.25) is 0 Å². The van der Waals surface area contributed by atoms with Crippen molar-refractivity contribution in [2.75, 3.05) is 11.6 Å². The van der Waals surface area contributed by atoms with E-state index in [4.69, 9.17) is 0 Å². The molecule has 0 saturated heterocycles. The third-order valence-electron chi connectivity index (χ3n) is 2.99. The van der Waals surface area contributed by atoms with Gasteiger partial charge in [-0.25, -0.2) is 0 Å². The molecule has 0 bridgehead atoms. The number of hydrogen-bond donors (Lipinski definition) is 0. The van der Waals surface area contributed by atoms with Crippen LogP contribution in [0.25, 0.3) is 0 Å². The molecule has 0 aliphatic carbocycles. The molecule has 2 amide bonds. The van der Waals surface area contributed by atoms with E-state index in [-0.39, 0.29) is 11.8 Å². The van der Waals surface area contributed by atoms with Crippen molar-refractivity contribution < 1.29 is 9.59 Å². The summed E-state index contributed by atoms with van der Waals surface area (Å²) >= 11 is 1.65. The number of thioether (sulfide) groups is 1. The molecule has 2 rings (SSSR count). The topological polar surface area (TPSA) is 37.4 Å². The fourth-order valence-electron chi connectivity index (χ4n) is 1.97. The molecular weight excluding hydrogens is 246 g/mol. The Kier molecular flexibility index (Phi) is 4.42. The van der Waals surface area contributed by atoms with E-state index < -0.39 is 0 Å². The van der Waals surface area contributed by atoms with E-state index in [1.807, 2.05) is 0 Å². The lowest BCUT2D eigenvalue weighted by atomic mass is 10.1. The number of carbonyl (C=O) groups excluding carboxylic acids is 2. The van der Waals surface area contributed by atoms with Crippen LogP contribution in [-0.4, -0.2) is 28.3 Å². The van der Waals surface area contributed by atoms with E-state index in [2.05, 4.69) is 6.92 Å². The van der Waals surface area contributed by atoms with Crippen molar-refractivity contribution in [2.24, 2.45) is 0 Å². The van der Waals surface area contributed by atoms with Crippen molar-refractivity contribution in [3.8, 4) is 0 Å². The van der Waals surface area contributed by atoms with Crippen LogP contribution in [0.2, 0.25) is 0 Å². The summed E-state index contributed by atoms with van der Waals surface area (Å²) in [6, 6.07) is 7.03. The van der Waals surface area contributed by atoms with Gasteiger partial charge in [0.15, 0.2) is 0 Å². The van der Waals surface area contributed by atoms with E-state index in [0.717, 1.165) is 12.2 Å². The lowest BCUT2D eigenvalue weighted by molar-refractivity contribution is 0.0684. The average Bonchev–Trinajstić information content (AvgIpc) is 2.64. The second kappa shape index (κ2) is 6.05. The Morgan fingerprint density at radius 1 is 1.06 bits per heavy atom. The van der Waals surface area contributed by atoms with Crippen LogP contribution < -0.4 is 0 Å². The summed E-state index contributed by atoms with van der Waals surface area (Å²) in [4.78, 5) is 25.4. The smallest absolute Gasteiger partial charge is 0.262 e. The van der Waals surface area contributed by atoms with Crippen molar-refractivity contribution in [3.05, 3.63) is 35.4 Å². The molecule has 0 fully saturated rings. The summed E-state index contributed by atoms with van der Waals surface area (Å²) in [6.45, 7) is 2.16. The Bertz CT molecular complexity index is 424. The monoisotopic (exact) mass is 263 g/mol. The Morgan fingerprint density at radius 2 is 1.67 bits per heavy atom. The minimum absolute atomic E-state index is 0.154. The number of benzene rings is 1. The standard InChI is InChI=1S/C14H17NO2S/c1-2-3-6-9-18-10-15-13(16)11-7-4-5-8-12(11)14(15)17/h4-5,7-8H,2-3,6,9-10H2,1H3. The van der Waals surface area contributed by atoms with E-state index in [1.54, 1.807) is 36.0 Å². The second-order valence-electron chi connectivity index (χ2n) is 4.33. The number of imide groups is 1. The van der Waals surface area contributed by atoms with Crippen molar-refractivity contribution >= 4 is 23.6 Å². The van der Waals surface area contributed by atoms with Gasteiger partial charge >= 0.3 is 0 Å². The van der Waals surface area contributed by atoms with Crippen LogP contribution in [0.15, 0.2) is 24.3 Å². The van der Waals surface area contributed by atoms with Crippen LogP contribution in [0.3, 0.4) is 0 Å². The van der Waals surface area contributed by atoms with Crippen molar-refractivity contribution in [3.63, 3.8) is 0 Å². The highest BCUT2D eigenvalue weighted by Crippen LogP contribution is 2.24. The first kappa shape index (κ1) is 13.1. The summed E-state index contributed by atoms with van der Waals surface area (Å²) in [5.74, 6) is 1.16. The average molecular weight is 263 g/mol. The molecule has 0 atom stereocenters. The first-order chi connectivity index (χ1) is 8.75. The van der Waals surface area contributed by atoms with Crippen LogP contribution in [0, 0.1) is 0 Å². The molecular formula is C14H17NO2S. The van der Waals surface area contributed by atoms with E-state index in [1.165, 1.54) is 17.7 Å². The van der Waals surface area contributed by atoms with Gasteiger partial charge in [0.05, 0.1) is 17.0 Å². The summed E-state index contributed by atoms with van der Waals surface area (Å²) in [6.07, 6.45) is 3.53. The number of amides is 2. The number of hydrogen-bond acceptors (Lipinski definition) is 3. The summed E-state index contributed by atoms with van der Waals surface area (Å²) in [5.41, 5.74) is 1.08. The molecule has 0 saturated carbocycles. The van der Waals surface area contributed by atoms with Gasteiger partial charge in [-0.3, -0.25) is 14.5 Å². The largest absolute Gasteiger partial charge is 0.269 e. The molecule has 0 spiro atoms. The molecule has 1 aromatic carbocycles. The summed E-state index contributed by atoms with van der Waals surface area (Å²) < 4.78 is 0. The highest BCUT2D eigenvalue weighted by Gasteiger charge is 2.34. The Balaban J connectivity index is 1.93. The maximum absolute atomic E-state index is 12.0.